The van der Waals surface area contributed by atoms with E-state index < -0.39 is 33.6 Å². The van der Waals surface area contributed by atoms with E-state index in [2.05, 4.69) is 4.72 Å². The smallest absolute Gasteiger partial charge is 0.240 e. The number of nitrogens with zero attached hydrogens (tertiary/aromatic N) is 1. The van der Waals surface area contributed by atoms with Gasteiger partial charge in [-0.2, -0.15) is 0 Å². The standard InChI is InChI=1S/C23H22N2O5S/c1-15-7-9-17(10-8-15)31(28,29)24-14-23-12-11-18(30-23)19-20(23)22(27)25(21(19)26)13-16-5-3-2-4-6-16/h2-12,18-20,24H,13-14H2,1H3/t18-,19-,20+,23-/m1/s1. The van der Waals surface area contributed by atoms with Crippen molar-refractivity contribution in [2.45, 2.75) is 30.1 Å². The van der Waals surface area contributed by atoms with Crippen LogP contribution in [0, 0.1) is 18.8 Å². The summed E-state index contributed by atoms with van der Waals surface area (Å²) in [7, 11) is -3.79. The summed E-state index contributed by atoms with van der Waals surface area (Å²) in [6.45, 7) is 1.96. The van der Waals surface area contributed by atoms with Crippen molar-refractivity contribution in [1.82, 2.24) is 9.62 Å². The van der Waals surface area contributed by atoms with Crippen LogP contribution in [0.4, 0.5) is 0 Å². The van der Waals surface area contributed by atoms with Crippen molar-refractivity contribution in [3.05, 3.63) is 77.9 Å². The number of ether oxygens (including phenoxy) is 1. The van der Waals surface area contributed by atoms with Gasteiger partial charge in [-0.05, 0) is 24.6 Å². The topological polar surface area (TPSA) is 92.8 Å². The minimum absolute atomic E-state index is 0.116. The van der Waals surface area contributed by atoms with Crippen LogP contribution in [0.3, 0.4) is 0 Å². The van der Waals surface area contributed by atoms with Gasteiger partial charge in [-0.1, -0.05) is 60.2 Å². The number of likely N-dealkylation sites (tertiary alicyclic amines) is 1. The lowest BCUT2D eigenvalue weighted by molar-refractivity contribution is -0.144. The minimum Gasteiger partial charge on any atom is -0.361 e. The Balaban J connectivity index is 1.38. The summed E-state index contributed by atoms with van der Waals surface area (Å²) in [5, 5.41) is 0. The zero-order valence-corrected chi connectivity index (χ0v) is 17.7. The molecule has 160 valence electrons. The van der Waals surface area contributed by atoms with Gasteiger partial charge in [0.1, 0.15) is 5.60 Å². The van der Waals surface area contributed by atoms with Crippen molar-refractivity contribution in [2.75, 3.05) is 6.54 Å². The average Bonchev–Trinajstić information content (AvgIpc) is 3.40. The Bertz CT molecular complexity index is 1180. The SMILES string of the molecule is Cc1ccc(S(=O)(=O)NC[C@@]23C=C[C@@H](O2)[C@H]2C(=O)N(Cc4ccccc4)C(=O)[C@H]23)cc1. The first kappa shape index (κ1) is 20.1. The second-order valence-electron chi connectivity index (χ2n) is 8.29. The van der Waals surface area contributed by atoms with E-state index in [1.165, 1.54) is 17.0 Å². The quantitative estimate of drug-likeness (QED) is 0.548. The highest BCUT2D eigenvalue weighted by Crippen LogP contribution is 2.51. The normalized spacial score (nSPS) is 29.1. The molecule has 0 radical (unpaired) electrons. The van der Waals surface area contributed by atoms with E-state index in [9.17, 15) is 18.0 Å². The Morgan fingerprint density at radius 2 is 1.74 bits per heavy atom. The summed E-state index contributed by atoms with van der Waals surface area (Å²) in [6.07, 6.45) is 2.97. The summed E-state index contributed by atoms with van der Waals surface area (Å²) >= 11 is 0. The summed E-state index contributed by atoms with van der Waals surface area (Å²) in [5.74, 6) is -1.94. The molecule has 8 heteroatoms. The number of benzene rings is 2. The molecule has 0 spiro atoms. The van der Waals surface area contributed by atoms with Gasteiger partial charge in [-0.3, -0.25) is 14.5 Å². The van der Waals surface area contributed by atoms with Gasteiger partial charge in [0.2, 0.25) is 21.8 Å². The minimum atomic E-state index is -3.79. The van der Waals surface area contributed by atoms with Gasteiger partial charge in [0, 0.05) is 6.54 Å². The molecule has 3 aliphatic heterocycles. The Morgan fingerprint density at radius 3 is 2.45 bits per heavy atom. The molecule has 0 aromatic heterocycles. The predicted octanol–water partition coefficient (Wildman–Crippen LogP) is 1.78. The first-order valence-electron chi connectivity index (χ1n) is 10.1. The highest BCUT2D eigenvalue weighted by molar-refractivity contribution is 7.89. The van der Waals surface area contributed by atoms with Gasteiger partial charge in [0.25, 0.3) is 0 Å². The Labute approximate surface area is 180 Å². The van der Waals surface area contributed by atoms with E-state index >= 15 is 0 Å². The number of carbonyl (C=O) groups excluding carboxylic acids is 2. The Morgan fingerprint density at radius 1 is 1.03 bits per heavy atom. The third-order valence-electron chi connectivity index (χ3n) is 6.30. The van der Waals surface area contributed by atoms with Crippen LogP contribution in [0.1, 0.15) is 11.1 Å². The van der Waals surface area contributed by atoms with Crippen LogP contribution in [0.2, 0.25) is 0 Å². The molecule has 2 aromatic carbocycles. The summed E-state index contributed by atoms with van der Waals surface area (Å²) < 4.78 is 34.1. The van der Waals surface area contributed by atoms with Crippen LogP contribution >= 0.6 is 0 Å². The van der Waals surface area contributed by atoms with Crippen molar-refractivity contribution in [3.8, 4) is 0 Å². The van der Waals surface area contributed by atoms with Gasteiger partial charge in [-0.15, -0.1) is 0 Å². The number of imide groups is 1. The number of rotatable bonds is 6. The lowest BCUT2D eigenvalue weighted by Gasteiger charge is -2.29. The van der Waals surface area contributed by atoms with Crippen LogP contribution in [0.5, 0.6) is 0 Å². The Kier molecular flexibility index (Phi) is 4.62. The lowest BCUT2D eigenvalue weighted by atomic mass is 9.77. The first-order chi connectivity index (χ1) is 14.8. The monoisotopic (exact) mass is 438 g/mol. The molecule has 0 aliphatic carbocycles. The summed E-state index contributed by atoms with van der Waals surface area (Å²) in [6, 6.07) is 15.8. The molecule has 2 amide bonds. The number of aryl methyl sites for hydroxylation is 1. The van der Waals surface area contributed by atoms with Gasteiger partial charge in [-0.25, -0.2) is 13.1 Å². The van der Waals surface area contributed by atoms with E-state index in [0.29, 0.717) is 0 Å². The zero-order valence-electron chi connectivity index (χ0n) is 16.9. The fraction of sp³-hybridized carbons (Fsp3) is 0.304. The highest BCUT2D eigenvalue weighted by Gasteiger charge is 2.67. The highest BCUT2D eigenvalue weighted by atomic mass is 32.2. The second-order valence-corrected chi connectivity index (χ2v) is 10.1. The first-order valence-corrected chi connectivity index (χ1v) is 11.6. The Hall–Kier alpha value is -2.81. The molecule has 2 aromatic rings. The number of hydrogen-bond donors (Lipinski definition) is 1. The molecule has 4 atom stereocenters. The van der Waals surface area contributed by atoms with E-state index in [0.717, 1.165) is 11.1 Å². The molecule has 2 fully saturated rings. The molecular weight excluding hydrogens is 416 g/mol. The van der Waals surface area contributed by atoms with Gasteiger partial charge >= 0.3 is 0 Å². The molecule has 31 heavy (non-hydrogen) atoms. The molecule has 0 saturated carbocycles. The van der Waals surface area contributed by atoms with Crippen molar-refractivity contribution in [1.29, 1.82) is 0 Å². The largest absolute Gasteiger partial charge is 0.361 e. The number of fused-ring (bicyclic) bond motifs is 5. The van der Waals surface area contributed by atoms with E-state index in [-0.39, 0.29) is 29.8 Å². The van der Waals surface area contributed by atoms with Crippen LogP contribution < -0.4 is 4.72 Å². The molecule has 5 rings (SSSR count). The maximum Gasteiger partial charge on any atom is 0.240 e. The van der Waals surface area contributed by atoms with Crippen molar-refractivity contribution >= 4 is 21.8 Å². The summed E-state index contributed by atoms with van der Waals surface area (Å²) in [5.41, 5.74) is 0.653. The van der Waals surface area contributed by atoms with Crippen molar-refractivity contribution < 1.29 is 22.7 Å². The molecular formula is C23H22N2O5S. The average molecular weight is 439 g/mol. The van der Waals surface area contributed by atoms with E-state index in [1.807, 2.05) is 37.3 Å². The molecule has 3 aliphatic rings. The van der Waals surface area contributed by atoms with Crippen molar-refractivity contribution in [2.24, 2.45) is 11.8 Å². The van der Waals surface area contributed by atoms with Crippen LogP contribution in [0.25, 0.3) is 0 Å². The molecule has 3 heterocycles. The zero-order chi connectivity index (χ0) is 21.8. The van der Waals surface area contributed by atoms with Crippen LogP contribution in [-0.2, 0) is 30.9 Å². The van der Waals surface area contributed by atoms with Gasteiger partial charge < -0.3 is 4.74 Å². The number of nitrogens with one attached hydrogen (secondary N) is 1. The number of hydrogen-bond acceptors (Lipinski definition) is 5. The lowest BCUT2D eigenvalue weighted by Crippen LogP contribution is -2.48. The van der Waals surface area contributed by atoms with E-state index in [4.69, 9.17) is 4.74 Å². The third kappa shape index (κ3) is 3.22. The van der Waals surface area contributed by atoms with Gasteiger partial charge in [0.05, 0.1) is 29.4 Å². The summed E-state index contributed by atoms with van der Waals surface area (Å²) in [4.78, 5) is 27.7. The predicted molar refractivity (Wildman–Crippen MR) is 112 cm³/mol. The fourth-order valence-corrected chi connectivity index (χ4v) is 5.77. The fourth-order valence-electron chi connectivity index (χ4n) is 4.70. The third-order valence-corrected chi connectivity index (χ3v) is 7.72. The van der Waals surface area contributed by atoms with Gasteiger partial charge in [0.15, 0.2) is 0 Å². The number of carbonyl (C=O) groups is 2. The molecule has 2 saturated heterocycles. The molecule has 1 N–H and O–H groups in total. The maximum absolute atomic E-state index is 13.2. The second kappa shape index (κ2) is 7.12. The maximum atomic E-state index is 13.2. The number of sulfonamides is 1. The molecule has 2 bridgehead atoms. The molecule has 0 unspecified atom stereocenters. The van der Waals surface area contributed by atoms with Crippen LogP contribution in [0.15, 0.2) is 71.6 Å². The number of amides is 2. The van der Waals surface area contributed by atoms with Crippen LogP contribution in [-0.4, -0.2) is 43.4 Å². The van der Waals surface area contributed by atoms with E-state index in [1.54, 1.807) is 24.3 Å². The molecule has 7 nitrogen and oxygen atoms in total. The van der Waals surface area contributed by atoms with Crippen molar-refractivity contribution in [3.63, 3.8) is 0 Å².